The zero-order valence-electron chi connectivity index (χ0n) is 17.6. The molecule has 1 aliphatic carbocycles. The van der Waals surface area contributed by atoms with Gasteiger partial charge in [0.15, 0.2) is 0 Å². The molecule has 1 heterocycles. The number of allylic oxidation sites excluding steroid dienone is 3. The highest BCUT2D eigenvalue weighted by atomic mass is 16.6. The molecule has 0 radical (unpaired) electrons. The summed E-state index contributed by atoms with van der Waals surface area (Å²) in [6.45, 7) is 11.8. The summed E-state index contributed by atoms with van der Waals surface area (Å²) in [6.07, 6.45) is 10.3. The number of esters is 2. The fraction of sp³-hybridized carbons (Fsp3) is 0.652. The molecule has 0 amide bonds. The van der Waals surface area contributed by atoms with Crippen LogP contribution in [0, 0.1) is 11.8 Å². The molecule has 1 aliphatic heterocycles. The number of ether oxygens (including phenoxy) is 2. The molecule has 0 aromatic heterocycles. The molecule has 3 atom stereocenters. The molecular formula is C23H34O4. The van der Waals surface area contributed by atoms with Gasteiger partial charge in [0.05, 0.1) is 0 Å². The van der Waals surface area contributed by atoms with E-state index in [-0.39, 0.29) is 29.9 Å². The van der Waals surface area contributed by atoms with Crippen molar-refractivity contribution in [2.24, 2.45) is 11.8 Å². The Balaban J connectivity index is 2.47. The predicted molar refractivity (Wildman–Crippen MR) is 107 cm³/mol. The maximum absolute atomic E-state index is 12.5. The molecule has 0 aromatic rings. The molecule has 0 saturated carbocycles. The number of hydrogen-bond donors (Lipinski definition) is 0. The molecule has 150 valence electrons. The second-order valence-electron chi connectivity index (χ2n) is 8.54. The summed E-state index contributed by atoms with van der Waals surface area (Å²) in [5.74, 6) is -0.453. The lowest BCUT2D eigenvalue weighted by atomic mass is 9.74. The van der Waals surface area contributed by atoms with Gasteiger partial charge in [-0.05, 0) is 58.4 Å². The van der Waals surface area contributed by atoms with Gasteiger partial charge in [-0.2, -0.15) is 0 Å². The van der Waals surface area contributed by atoms with Crippen molar-refractivity contribution in [2.45, 2.75) is 85.4 Å². The first kappa shape index (κ1) is 21.5. The van der Waals surface area contributed by atoms with Crippen molar-refractivity contribution in [3.05, 3.63) is 34.9 Å². The average molecular weight is 375 g/mol. The van der Waals surface area contributed by atoms with Gasteiger partial charge in [0.1, 0.15) is 11.7 Å². The van der Waals surface area contributed by atoms with Gasteiger partial charge in [0.2, 0.25) is 0 Å². The van der Waals surface area contributed by atoms with E-state index in [0.717, 1.165) is 24.8 Å². The highest BCUT2D eigenvalue weighted by Gasteiger charge is 2.48. The summed E-state index contributed by atoms with van der Waals surface area (Å²) in [7, 11) is 0. The van der Waals surface area contributed by atoms with Crippen molar-refractivity contribution in [3.63, 3.8) is 0 Å². The zero-order chi connectivity index (χ0) is 20.2. The van der Waals surface area contributed by atoms with Crippen LogP contribution in [-0.2, 0) is 19.1 Å². The molecule has 4 nitrogen and oxygen atoms in total. The van der Waals surface area contributed by atoms with E-state index in [1.54, 1.807) is 0 Å². The summed E-state index contributed by atoms with van der Waals surface area (Å²) in [4.78, 5) is 24.3. The second-order valence-corrected chi connectivity index (χ2v) is 8.54. The third-order valence-electron chi connectivity index (χ3n) is 5.59. The van der Waals surface area contributed by atoms with E-state index in [2.05, 4.69) is 39.8 Å². The second kappa shape index (κ2) is 8.90. The standard InChI is InChI=1S/C23H34O4/c1-15(2)21-20(26-18(5)24)13-17(4)11-7-9-16(3)10-8-12-19-14-23(21,6)27-22(19)25/h10-11,14-15,20-21H,7-9,12-13H2,1-6H3/b16-10+,17-11+/t20-,21-,23-/m1/s1. The Labute approximate surface area is 163 Å². The summed E-state index contributed by atoms with van der Waals surface area (Å²) in [5.41, 5.74) is 2.51. The van der Waals surface area contributed by atoms with Gasteiger partial charge < -0.3 is 9.47 Å². The first-order valence-corrected chi connectivity index (χ1v) is 10.1. The van der Waals surface area contributed by atoms with Crippen LogP contribution in [0.25, 0.3) is 0 Å². The molecule has 2 aliphatic rings. The van der Waals surface area contributed by atoms with Crippen LogP contribution in [0.4, 0.5) is 0 Å². The number of rotatable bonds is 2. The van der Waals surface area contributed by atoms with Crippen LogP contribution >= 0.6 is 0 Å². The molecule has 0 aromatic carbocycles. The normalized spacial score (nSPS) is 33.9. The van der Waals surface area contributed by atoms with E-state index >= 15 is 0 Å². The van der Waals surface area contributed by atoms with Gasteiger partial charge in [-0.25, -0.2) is 4.79 Å². The minimum Gasteiger partial charge on any atom is -0.462 e. The first-order chi connectivity index (χ1) is 12.6. The molecule has 0 saturated heterocycles. The largest absolute Gasteiger partial charge is 0.462 e. The minimum atomic E-state index is -0.760. The number of fused-ring (bicyclic) bond motifs is 1. The van der Waals surface area contributed by atoms with E-state index in [4.69, 9.17) is 9.47 Å². The van der Waals surface area contributed by atoms with Crippen LogP contribution in [-0.4, -0.2) is 23.6 Å². The van der Waals surface area contributed by atoms with Crippen LogP contribution in [0.15, 0.2) is 34.9 Å². The van der Waals surface area contributed by atoms with E-state index in [1.165, 1.54) is 18.1 Å². The highest BCUT2D eigenvalue weighted by molar-refractivity contribution is 5.91. The van der Waals surface area contributed by atoms with Crippen molar-refractivity contribution in [1.29, 1.82) is 0 Å². The molecular weight excluding hydrogens is 340 g/mol. The quantitative estimate of drug-likeness (QED) is 0.487. The molecule has 0 N–H and O–H groups in total. The zero-order valence-corrected chi connectivity index (χ0v) is 17.6. The van der Waals surface area contributed by atoms with Gasteiger partial charge in [-0.3, -0.25) is 4.79 Å². The minimum absolute atomic E-state index is 0.105. The topological polar surface area (TPSA) is 52.6 Å². The first-order valence-electron chi connectivity index (χ1n) is 10.1. The van der Waals surface area contributed by atoms with Gasteiger partial charge in [-0.15, -0.1) is 0 Å². The Bertz CT molecular complexity index is 668. The van der Waals surface area contributed by atoms with E-state index < -0.39 is 5.60 Å². The highest BCUT2D eigenvalue weighted by Crippen LogP contribution is 2.41. The van der Waals surface area contributed by atoms with E-state index in [1.807, 2.05) is 13.0 Å². The lowest BCUT2D eigenvalue weighted by Gasteiger charge is -2.39. The average Bonchev–Trinajstić information content (AvgIpc) is 2.80. The summed E-state index contributed by atoms with van der Waals surface area (Å²) < 4.78 is 11.6. The van der Waals surface area contributed by atoms with Crippen molar-refractivity contribution in [2.75, 3.05) is 0 Å². The molecule has 2 bridgehead atoms. The molecule has 2 rings (SSSR count). The predicted octanol–water partition coefficient (Wildman–Crippen LogP) is 5.29. The monoisotopic (exact) mass is 374 g/mol. The van der Waals surface area contributed by atoms with E-state index in [0.29, 0.717) is 12.8 Å². The Morgan fingerprint density at radius 2 is 1.81 bits per heavy atom. The van der Waals surface area contributed by atoms with Gasteiger partial charge in [0, 0.05) is 24.8 Å². The van der Waals surface area contributed by atoms with Gasteiger partial charge in [0.25, 0.3) is 0 Å². The lowest BCUT2D eigenvalue weighted by molar-refractivity contribution is -0.164. The SMILES string of the molecule is CC(=O)O[C@@H]1C/C(C)=C/CC/C(C)=C/CCC2=C[C@@](C)(OC2=O)[C@@H]1C(C)C. The third kappa shape index (κ3) is 5.57. The Hall–Kier alpha value is -1.84. The van der Waals surface area contributed by atoms with Gasteiger partial charge in [-0.1, -0.05) is 37.1 Å². The molecule has 4 heteroatoms. The molecule has 0 spiro atoms. The fourth-order valence-electron chi connectivity index (χ4n) is 4.48. The maximum atomic E-state index is 12.5. The summed E-state index contributed by atoms with van der Waals surface area (Å²) >= 11 is 0. The van der Waals surface area contributed by atoms with Crippen LogP contribution in [0.5, 0.6) is 0 Å². The number of hydrogen-bond acceptors (Lipinski definition) is 4. The van der Waals surface area contributed by atoms with Gasteiger partial charge >= 0.3 is 11.9 Å². The number of carbonyl (C=O) groups is 2. The van der Waals surface area contributed by atoms with Crippen LogP contribution in [0.3, 0.4) is 0 Å². The summed E-state index contributed by atoms with van der Waals surface area (Å²) in [6, 6.07) is 0. The number of carbonyl (C=O) groups excluding carboxylic acids is 2. The Morgan fingerprint density at radius 1 is 1.19 bits per heavy atom. The smallest absolute Gasteiger partial charge is 0.334 e. The van der Waals surface area contributed by atoms with Crippen LogP contribution in [0.1, 0.15) is 73.6 Å². The van der Waals surface area contributed by atoms with Crippen molar-refractivity contribution in [3.8, 4) is 0 Å². The van der Waals surface area contributed by atoms with Crippen LogP contribution in [0.2, 0.25) is 0 Å². The maximum Gasteiger partial charge on any atom is 0.334 e. The third-order valence-corrected chi connectivity index (χ3v) is 5.59. The van der Waals surface area contributed by atoms with Crippen molar-refractivity contribution in [1.82, 2.24) is 0 Å². The summed E-state index contributed by atoms with van der Waals surface area (Å²) in [5, 5.41) is 0. The van der Waals surface area contributed by atoms with Crippen LogP contribution < -0.4 is 0 Å². The molecule has 0 fully saturated rings. The van der Waals surface area contributed by atoms with Crippen molar-refractivity contribution >= 4 is 11.9 Å². The van der Waals surface area contributed by atoms with Crippen molar-refractivity contribution < 1.29 is 19.1 Å². The molecule has 27 heavy (non-hydrogen) atoms. The Kier molecular flexibility index (Phi) is 7.07. The fourth-order valence-corrected chi connectivity index (χ4v) is 4.48. The lowest BCUT2D eigenvalue weighted by Crippen LogP contribution is -2.46. The molecule has 0 unspecified atom stereocenters. The Morgan fingerprint density at radius 3 is 2.44 bits per heavy atom. The van der Waals surface area contributed by atoms with E-state index in [9.17, 15) is 9.59 Å².